The first-order valence-electron chi connectivity index (χ1n) is 8.99. The summed E-state index contributed by atoms with van der Waals surface area (Å²) >= 11 is 0. The maximum atomic E-state index is 13.1. The molecule has 9 nitrogen and oxygen atoms in total. The summed E-state index contributed by atoms with van der Waals surface area (Å²) in [5, 5.41) is 4.80. The first-order valence-corrected chi connectivity index (χ1v) is 8.99. The zero-order chi connectivity index (χ0) is 20.2. The van der Waals surface area contributed by atoms with Gasteiger partial charge in [-0.25, -0.2) is 4.39 Å². The summed E-state index contributed by atoms with van der Waals surface area (Å²) < 4.78 is 39.2. The van der Waals surface area contributed by atoms with E-state index in [9.17, 15) is 14.0 Å². The third-order valence-electron chi connectivity index (χ3n) is 2.93. The van der Waals surface area contributed by atoms with Crippen molar-refractivity contribution in [2.24, 2.45) is 0 Å². The minimum Gasteiger partial charge on any atom is -0.527 e. The molecule has 2 N–H and O–H groups in total. The molecule has 28 heavy (non-hydrogen) atoms. The Kier molecular flexibility index (Phi) is 25.7. The maximum Gasteiger partial charge on any atom is 1.00 e. The van der Waals surface area contributed by atoms with Crippen LogP contribution in [-0.4, -0.2) is 97.1 Å². The van der Waals surface area contributed by atoms with Crippen LogP contribution in [0.1, 0.15) is 13.8 Å². The molecule has 2 amide bonds. The summed E-state index contributed by atoms with van der Waals surface area (Å²) in [4.78, 5) is 21.2. The summed E-state index contributed by atoms with van der Waals surface area (Å²) in [5.41, 5.74) is 0. The number of alkyl halides is 1. The molecule has 0 fully saturated rings. The van der Waals surface area contributed by atoms with Crippen LogP contribution in [0.5, 0.6) is 0 Å². The predicted molar refractivity (Wildman–Crippen MR) is 96.0 cm³/mol. The Labute approximate surface area is 209 Å². The van der Waals surface area contributed by atoms with Crippen LogP contribution in [0, 0.1) is 0 Å². The van der Waals surface area contributed by atoms with Crippen molar-refractivity contribution in [1.29, 1.82) is 0 Å². The SMILES string of the molecule is CC(C)OCC(=O)NCCOCCOCCOCCOCC(F)CN[C-]=O.[K+]. The summed E-state index contributed by atoms with van der Waals surface area (Å²) in [6.45, 7) is 6.66. The van der Waals surface area contributed by atoms with Crippen LogP contribution in [0.4, 0.5) is 4.39 Å². The fourth-order valence-corrected chi connectivity index (χ4v) is 1.64. The zero-order valence-corrected chi connectivity index (χ0v) is 20.3. The molecule has 11 heteroatoms. The number of carbonyl (C=O) groups excluding carboxylic acids is 2. The van der Waals surface area contributed by atoms with Gasteiger partial charge in [-0.3, -0.25) is 4.79 Å². The summed E-state index contributed by atoms with van der Waals surface area (Å²) in [5.74, 6) is -0.164. The van der Waals surface area contributed by atoms with Gasteiger partial charge in [-0.05, 0) is 13.8 Å². The van der Waals surface area contributed by atoms with E-state index in [4.69, 9.17) is 23.7 Å². The van der Waals surface area contributed by atoms with E-state index in [2.05, 4.69) is 10.6 Å². The fourth-order valence-electron chi connectivity index (χ4n) is 1.64. The molecule has 0 aromatic heterocycles. The van der Waals surface area contributed by atoms with Crippen LogP contribution >= 0.6 is 0 Å². The molecule has 0 heterocycles. The normalized spacial score (nSPS) is 11.7. The van der Waals surface area contributed by atoms with Gasteiger partial charge in [-0.1, -0.05) is 0 Å². The van der Waals surface area contributed by atoms with Crippen molar-refractivity contribution in [3.05, 3.63) is 0 Å². The smallest absolute Gasteiger partial charge is 0.527 e. The molecule has 0 saturated carbocycles. The Balaban J connectivity index is 0. The van der Waals surface area contributed by atoms with E-state index in [1.807, 2.05) is 13.8 Å². The first-order chi connectivity index (χ1) is 13.1. The van der Waals surface area contributed by atoms with Crippen LogP contribution in [0.25, 0.3) is 0 Å². The number of amides is 2. The average Bonchev–Trinajstić information content (AvgIpc) is 2.64. The van der Waals surface area contributed by atoms with Gasteiger partial charge in [0.2, 0.25) is 5.91 Å². The largest absolute Gasteiger partial charge is 1.00 e. The Hall–Kier alpha value is 0.306. The fraction of sp³-hybridized carbons (Fsp3) is 0.882. The monoisotopic (exact) mass is 434 g/mol. The van der Waals surface area contributed by atoms with Crippen molar-refractivity contribution in [2.75, 3.05) is 72.6 Å². The van der Waals surface area contributed by atoms with Gasteiger partial charge in [-0.2, -0.15) is 6.41 Å². The van der Waals surface area contributed by atoms with Crippen LogP contribution in [0.2, 0.25) is 0 Å². The van der Waals surface area contributed by atoms with Gasteiger partial charge < -0.3 is 39.1 Å². The van der Waals surface area contributed by atoms with E-state index >= 15 is 0 Å². The van der Waals surface area contributed by atoms with Crippen molar-refractivity contribution in [3.8, 4) is 0 Å². The molecule has 1 atom stereocenters. The average molecular weight is 435 g/mol. The summed E-state index contributed by atoms with van der Waals surface area (Å²) in [7, 11) is 0. The Bertz CT molecular complexity index is 368. The van der Waals surface area contributed by atoms with Gasteiger partial charge in [0.15, 0.2) is 0 Å². The molecule has 0 spiro atoms. The first kappa shape index (κ1) is 30.5. The molecule has 0 radical (unpaired) electrons. The number of ether oxygens (including phenoxy) is 5. The molecule has 0 aromatic carbocycles. The topological polar surface area (TPSA) is 104 Å². The minimum absolute atomic E-state index is 0. The van der Waals surface area contributed by atoms with Crippen molar-refractivity contribution in [1.82, 2.24) is 10.6 Å². The van der Waals surface area contributed by atoms with E-state index in [-0.39, 0.29) is 89.8 Å². The molecule has 0 rings (SSSR count). The minimum atomic E-state index is -1.25. The second-order valence-electron chi connectivity index (χ2n) is 5.70. The van der Waals surface area contributed by atoms with Gasteiger partial charge in [0.25, 0.3) is 0 Å². The third kappa shape index (κ3) is 24.3. The molecule has 0 aliphatic carbocycles. The van der Waals surface area contributed by atoms with E-state index < -0.39 is 6.17 Å². The van der Waals surface area contributed by atoms with Crippen molar-refractivity contribution < 1.29 is 89.0 Å². The number of halogens is 1. The van der Waals surface area contributed by atoms with E-state index in [0.717, 1.165) is 0 Å². The van der Waals surface area contributed by atoms with Gasteiger partial charge in [0.1, 0.15) is 12.8 Å². The van der Waals surface area contributed by atoms with E-state index in [1.165, 1.54) is 6.41 Å². The molecule has 0 aliphatic rings. The molecule has 0 aliphatic heterocycles. The molecule has 0 saturated heterocycles. The van der Waals surface area contributed by atoms with E-state index in [0.29, 0.717) is 46.2 Å². The zero-order valence-electron chi connectivity index (χ0n) is 17.2. The molecular weight excluding hydrogens is 402 g/mol. The van der Waals surface area contributed by atoms with Gasteiger partial charge in [-0.15, -0.1) is 0 Å². The van der Waals surface area contributed by atoms with Crippen molar-refractivity contribution in [3.63, 3.8) is 0 Å². The van der Waals surface area contributed by atoms with Crippen LogP contribution < -0.4 is 62.0 Å². The molecule has 0 aromatic rings. The number of hydrogen-bond acceptors (Lipinski definition) is 7. The standard InChI is InChI=1S/C17H32FN2O7.K/c1-15(2)27-13-17(22)20-3-4-23-5-6-24-7-8-25-9-10-26-12-16(18)11-19-14-21;/h15-16H,3-13H2,1-2H3,(H,19,21)(H,20,22);/q-1;+1. The Morgan fingerprint density at radius 3 is 2.04 bits per heavy atom. The molecule has 160 valence electrons. The number of rotatable bonds is 20. The number of carbonyl (C=O) groups is 1. The van der Waals surface area contributed by atoms with Gasteiger partial charge in [0.05, 0.1) is 59.0 Å². The van der Waals surface area contributed by atoms with Crippen molar-refractivity contribution >= 4 is 12.3 Å². The number of nitrogens with one attached hydrogen (secondary N) is 2. The molecular formula is C17H32FKN2O7. The third-order valence-corrected chi connectivity index (χ3v) is 2.93. The molecule has 1 unspecified atom stereocenters. The Morgan fingerprint density at radius 2 is 1.50 bits per heavy atom. The number of hydrogen-bond donors (Lipinski definition) is 2. The van der Waals surface area contributed by atoms with E-state index in [1.54, 1.807) is 0 Å². The quantitative estimate of drug-likeness (QED) is 0.0891. The second kappa shape index (κ2) is 23.6. The van der Waals surface area contributed by atoms with Crippen LogP contribution in [-0.2, 0) is 33.3 Å². The van der Waals surface area contributed by atoms with Gasteiger partial charge in [0, 0.05) is 13.1 Å². The van der Waals surface area contributed by atoms with Crippen LogP contribution in [0.15, 0.2) is 0 Å². The summed E-state index contributed by atoms with van der Waals surface area (Å²) in [6, 6.07) is 0. The van der Waals surface area contributed by atoms with Crippen LogP contribution in [0.3, 0.4) is 0 Å². The van der Waals surface area contributed by atoms with Gasteiger partial charge >= 0.3 is 51.4 Å². The Morgan fingerprint density at radius 1 is 0.964 bits per heavy atom. The maximum absolute atomic E-state index is 13.1. The van der Waals surface area contributed by atoms with Crippen molar-refractivity contribution in [2.45, 2.75) is 26.1 Å². The summed E-state index contributed by atoms with van der Waals surface area (Å²) in [6.07, 6.45) is 0.169. The second-order valence-corrected chi connectivity index (χ2v) is 5.70. The molecule has 0 bridgehead atoms. The predicted octanol–water partition coefficient (Wildman–Crippen LogP) is -3.41.